The highest BCUT2D eigenvalue weighted by Crippen LogP contribution is 2.25. The van der Waals surface area contributed by atoms with Crippen LogP contribution in [0.1, 0.15) is 12.0 Å². The second kappa shape index (κ2) is 5.45. The first-order chi connectivity index (χ1) is 8.99. The predicted molar refractivity (Wildman–Crippen MR) is 77.0 cm³/mol. The van der Waals surface area contributed by atoms with E-state index in [-0.39, 0.29) is 6.42 Å². The lowest BCUT2D eigenvalue weighted by atomic mass is 10.1. The SMILES string of the molecule is Cc1c(Cl)ccc2ccc(N(C)CCC(=O)O)nc12. The van der Waals surface area contributed by atoms with Gasteiger partial charge < -0.3 is 10.0 Å². The van der Waals surface area contributed by atoms with Crippen LogP contribution in [-0.4, -0.2) is 29.7 Å². The summed E-state index contributed by atoms with van der Waals surface area (Å²) in [4.78, 5) is 17.0. The highest BCUT2D eigenvalue weighted by molar-refractivity contribution is 6.32. The zero-order valence-electron chi connectivity index (χ0n) is 10.9. The highest BCUT2D eigenvalue weighted by atomic mass is 35.5. The van der Waals surface area contributed by atoms with Crippen molar-refractivity contribution in [1.82, 2.24) is 4.98 Å². The summed E-state index contributed by atoms with van der Waals surface area (Å²) in [6, 6.07) is 7.64. The van der Waals surface area contributed by atoms with Crippen molar-refractivity contribution < 1.29 is 9.90 Å². The topological polar surface area (TPSA) is 53.4 Å². The Morgan fingerprint density at radius 1 is 1.37 bits per heavy atom. The van der Waals surface area contributed by atoms with Crippen LogP contribution in [0.5, 0.6) is 0 Å². The number of aromatic nitrogens is 1. The summed E-state index contributed by atoms with van der Waals surface area (Å²) in [6.45, 7) is 2.35. The molecular weight excluding hydrogens is 264 g/mol. The Kier molecular flexibility index (Phi) is 3.90. The van der Waals surface area contributed by atoms with E-state index in [4.69, 9.17) is 16.7 Å². The molecule has 0 atom stereocenters. The Labute approximate surface area is 116 Å². The van der Waals surface area contributed by atoms with E-state index in [9.17, 15) is 4.79 Å². The van der Waals surface area contributed by atoms with Crippen molar-refractivity contribution in [3.05, 3.63) is 34.9 Å². The third-order valence-electron chi connectivity index (χ3n) is 3.09. The van der Waals surface area contributed by atoms with Gasteiger partial charge in [0.25, 0.3) is 0 Å². The number of rotatable bonds is 4. The van der Waals surface area contributed by atoms with E-state index in [1.165, 1.54) is 0 Å². The molecule has 0 aliphatic carbocycles. The summed E-state index contributed by atoms with van der Waals surface area (Å²) in [5.74, 6) is -0.0639. The molecular formula is C14H15ClN2O2. The molecule has 0 fully saturated rings. The van der Waals surface area contributed by atoms with Crippen LogP contribution in [0.3, 0.4) is 0 Å². The number of nitrogens with zero attached hydrogens (tertiary/aromatic N) is 2. The van der Waals surface area contributed by atoms with Gasteiger partial charge in [-0.05, 0) is 30.7 Å². The molecule has 0 spiro atoms. The first-order valence-corrected chi connectivity index (χ1v) is 6.35. The third-order valence-corrected chi connectivity index (χ3v) is 3.50. The van der Waals surface area contributed by atoms with E-state index < -0.39 is 5.97 Å². The summed E-state index contributed by atoms with van der Waals surface area (Å²) in [7, 11) is 1.83. The van der Waals surface area contributed by atoms with Gasteiger partial charge in [0, 0.05) is 24.0 Å². The molecule has 19 heavy (non-hydrogen) atoms. The molecule has 100 valence electrons. The molecule has 0 aliphatic rings. The minimum Gasteiger partial charge on any atom is -0.481 e. The maximum atomic E-state index is 10.6. The Balaban J connectivity index is 2.35. The quantitative estimate of drug-likeness (QED) is 0.934. The Morgan fingerprint density at radius 2 is 2.05 bits per heavy atom. The van der Waals surface area contributed by atoms with Gasteiger partial charge in [0.15, 0.2) is 0 Å². The van der Waals surface area contributed by atoms with Crippen LogP contribution in [0.4, 0.5) is 5.82 Å². The summed E-state index contributed by atoms with van der Waals surface area (Å²) in [6.07, 6.45) is 0.0880. The normalized spacial score (nSPS) is 10.7. The Morgan fingerprint density at radius 3 is 2.74 bits per heavy atom. The van der Waals surface area contributed by atoms with Gasteiger partial charge >= 0.3 is 5.97 Å². The number of carboxylic acids is 1. The molecule has 0 amide bonds. The zero-order chi connectivity index (χ0) is 14.0. The maximum absolute atomic E-state index is 10.6. The number of benzene rings is 1. The van der Waals surface area contributed by atoms with Crippen LogP contribution in [0, 0.1) is 6.92 Å². The molecule has 2 aromatic rings. The van der Waals surface area contributed by atoms with E-state index >= 15 is 0 Å². The fraction of sp³-hybridized carbons (Fsp3) is 0.286. The molecule has 1 N–H and O–H groups in total. The molecule has 5 heteroatoms. The molecule has 0 saturated heterocycles. The van der Waals surface area contributed by atoms with Crippen molar-refractivity contribution in [2.75, 3.05) is 18.5 Å². The molecule has 1 aromatic heterocycles. The number of anilines is 1. The minimum atomic E-state index is -0.813. The smallest absolute Gasteiger partial charge is 0.305 e. The summed E-state index contributed by atoms with van der Waals surface area (Å²) in [5, 5.41) is 10.4. The molecule has 4 nitrogen and oxygen atoms in total. The second-order valence-corrected chi connectivity index (χ2v) is 4.89. The van der Waals surface area contributed by atoms with Gasteiger partial charge in [-0.3, -0.25) is 4.79 Å². The van der Waals surface area contributed by atoms with Crippen molar-refractivity contribution in [3.8, 4) is 0 Å². The number of halogens is 1. The molecule has 1 heterocycles. The number of fused-ring (bicyclic) bond motifs is 1. The Bertz CT molecular complexity index is 628. The van der Waals surface area contributed by atoms with Crippen LogP contribution >= 0.6 is 11.6 Å². The van der Waals surface area contributed by atoms with Crippen molar-refractivity contribution in [2.45, 2.75) is 13.3 Å². The summed E-state index contributed by atoms with van der Waals surface area (Å²) in [5.41, 5.74) is 1.79. The van der Waals surface area contributed by atoms with Crippen LogP contribution in [0.15, 0.2) is 24.3 Å². The molecule has 2 rings (SSSR count). The fourth-order valence-corrected chi connectivity index (χ4v) is 2.04. The van der Waals surface area contributed by atoms with E-state index in [0.717, 1.165) is 22.3 Å². The molecule has 0 bridgehead atoms. The van der Waals surface area contributed by atoms with Crippen molar-refractivity contribution in [3.63, 3.8) is 0 Å². The first kappa shape index (κ1) is 13.6. The lowest BCUT2D eigenvalue weighted by Gasteiger charge is -2.18. The number of hydrogen-bond acceptors (Lipinski definition) is 3. The number of aliphatic carboxylic acids is 1. The highest BCUT2D eigenvalue weighted by Gasteiger charge is 2.08. The number of hydrogen-bond donors (Lipinski definition) is 1. The monoisotopic (exact) mass is 278 g/mol. The van der Waals surface area contributed by atoms with E-state index in [1.807, 2.05) is 43.1 Å². The number of carboxylic acid groups (broad SMARTS) is 1. The van der Waals surface area contributed by atoms with E-state index in [2.05, 4.69) is 4.98 Å². The van der Waals surface area contributed by atoms with E-state index in [1.54, 1.807) is 0 Å². The summed E-state index contributed by atoms with van der Waals surface area (Å²) >= 11 is 6.09. The lowest BCUT2D eigenvalue weighted by Crippen LogP contribution is -2.21. The molecule has 0 aliphatic heterocycles. The molecule has 0 saturated carbocycles. The number of carbonyl (C=O) groups is 1. The molecule has 0 radical (unpaired) electrons. The first-order valence-electron chi connectivity index (χ1n) is 5.98. The van der Waals surface area contributed by atoms with Crippen LogP contribution in [-0.2, 0) is 4.79 Å². The Hall–Kier alpha value is -1.81. The third kappa shape index (κ3) is 2.96. The standard InChI is InChI=1S/C14H15ClN2O2/c1-9-11(15)5-3-10-4-6-12(16-14(9)10)17(2)8-7-13(18)19/h3-6H,7-8H2,1-2H3,(H,18,19). The van der Waals surface area contributed by atoms with Gasteiger partial charge in [0.2, 0.25) is 0 Å². The largest absolute Gasteiger partial charge is 0.481 e. The van der Waals surface area contributed by atoms with Gasteiger partial charge in [-0.15, -0.1) is 0 Å². The van der Waals surface area contributed by atoms with Crippen LogP contribution in [0.25, 0.3) is 10.9 Å². The van der Waals surface area contributed by atoms with Crippen molar-refractivity contribution in [2.24, 2.45) is 0 Å². The minimum absolute atomic E-state index is 0.0880. The van der Waals surface area contributed by atoms with Crippen molar-refractivity contribution >= 4 is 34.3 Å². The maximum Gasteiger partial charge on any atom is 0.305 e. The van der Waals surface area contributed by atoms with Crippen LogP contribution in [0.2, 0.25) is 5.02 Å². The van der Waals surface area contributed by atoms with Gasteiger partial charge in [-0.25, -0.2) is 4.98 Å². The molecule has 1 aromatic carbocycles. The zero-order valence-corrected chi connectivity index (χ0v) is 11.6. The lowest BCUT2D eigenvalue weighted by molar-refractivity contribution is -0.136. The predicted octanol–water partition coefficient (Wildman–Crippen LogP) is 3.11. The van der Waals surface area contributed by atoms with E-state index in [0.29, 0.717) is 11.6 Å². The average molecular weight is 279 g/mol. The van der Waals surface area contributed by atoms with Gasteiger partial charge in [0.1, 0.15) is 5.82 Å². The van der Waals surface area contributed by atoms with Gasteiger partial charge in [0.05, 0.1) is 11.9 Å². The average Bonchev–Trinajstić information content (AvgIpc) is 2.40. The molecule has 0 unspecified atom stereocenters. The second-order valence-electron chi connectivity index (χ2n) is 4.48. The number of pyridine rings is 1. The number of aryl methyl sites for hydroxylation is 1. The fourth-order valence-electron chi connectivity index (χ4n) is 1.89. The van der Waals surface area contributed by atoms with Gasteiger partial charge in [-0.2, -0.15) is 0 Å². The van der Waals surface area contributed by atoms with Crippen molar-refractivity contribution in [1.29, 1.82) is 0 Å². The van der Waals surface area contributed by atoms with Crippen LogP contribution < -0.4 is 4.90 Å². The summed E-state index contributed by atoms with van der Waals surface area (Å²) < 4.78 is 0. The van der Waals surface area contributed by atoms with Gasteiger partial charge in [-0.1, -0.05) is 17.7 Å².